The molecule has 4 rings (SSSR count). The van der Waals surface area contributed by atoms with Crippen LogP contribution < -0.4 is 15.1 Å². The first-order valence-corrected chi connectivity index (χ1v) is 11.0. The fourth-order valence-electron chi connectivity index (χ4n) is 4.62. The van der Waals surface area contributed by atoms with E-state index in [1.165, 1.54) is 17.9 Å². The lowest BCUT2D eigenvalue weighted by atomic mass is 10.1. The first-order valence-electron chi connectivity index (χ1n) is 11.0. The maximum atomic E-state index is 14.9. The van der Waals surface area contributed by atoms with Crippen LogP contribution in [0.15, 0.2) is 18.2 Å². The number of amides is 3. The highest BCUT2D eigenvalue weighted by Gasteiger charge is 2.33. The van der Waals surface area contributed by atoms with Crippen LogP contribution in [-0.2, 0) is 14.3 Å². The molecule has 1 atom stereocenters. The Morgan fingerprint density at radius 3 is 2.52 bits per heavy atom. The Kier molecular flexibility index (Phi) is 6.29. The summed E-state index contributed by atoms with van der Waals surface area (Å²) in [5.41, 5.74) is 0.894. The van der Waals surface area contributed by atoms with Crippen LogP contribution in [0.2, 0.25) is 0 Å². The van der Waals surface area contributed by atoms with Gasteiger partial charge in [-0.25, -0.2) is 9.18 Å². The third-order valence-corrected chi connectivity index (χ3v) is 6.33. The van der Waals surface area contributed by atoms with Gasteiger partial charge in [-0.05, 0) is 31.0 Å². The van der Waals surface area contributed by atoms with Crippen LogP contribution in [0.5, 0.6) is 0 Å². The van der Waals surface area contributed by atoms with Crippen LogP contribution in [0.1, 0.15) is 32.6 Å². The standard InChI is InChI=1S/C22H29FN4O4/c1-15(28)24-13-18-14-27(22(30)31-18)17-6-7-20(19(23)12-17)25-8-10-26(11-9-25)21(29)16-4-2-3-5-16/h6-7,12,16,18H,2-5,8-11,13-14H2,1H3,(H,24,28)/t18-/m0/s1. The number of ether oxygens (including phenoxy) is 1. The van der Waals surface area contributed by atoms with Crippen LogP contribution in [0.25, 0.3) is 0 Å². The van der Waals surface area contributed by atoms with Gasteiger partial charge in [0.25, 0.3) is 0 Å². The monoisotopic (exact) mass is 432 g/mol. The molecule has 1 N–H and O–H groups in total. The SMILES string of the molecule is CC(=O)NC[C@H]1CN(c2ccc(N3CCN(C(=O)C4CCCC4)CC3)c(F)c2)C(=O)O1. The summed E-state index contributed by atoms with van der Waals surface area (Å²) in [6, 6.07) is 4.72. The summed E-state index contributed by atoms with van der Waals surface area (Å²) in [5.74, 6) is -0.201. The average Bonchev–Trinajstić information content (AvgIpc) is 3.42. The van der Waals surface area contributed by atoms with Crippen molar-refractivity contribution in [3.63, 3.8) is 0 Å². The molecule has 0 bridgehead atoms. The summed E-state index contributed by atoms with van der Waals surface area (Å²) < 4.78 is 20.2. The van der Waals surface area contributed by atoms with Crippen molar-refractivity contribution in [3.8, 4) is 0 Å². The first-order chi connectivity index (χ1) is 14.9. The maximum Gasteiger partial charge on any atom is 0.414 e. The van der Waals surface area contributed by atoms with E-state index in [1.807, 2.05) is 9.80 Å². The second-order valence-corrected chi connectivity index (χ2v) is 8.48. The summed E-state index contributed by atoms with van der Waals surface area (Å²) in [4.78, 5) is 41.0. The molecule has 2 heterocycles. The van der Waals surface area contributed by atoms with E-state index in [-0.39, 0.29) is 30.8 Å². The van der Waals surface area contributed by atoms with Crippen LogP contribution in [0, 0.1) is 11.7 Å². The van der Waals surface area contributed by atoms with E-state index in [0.717, 1.165) is 25.7 Å². The average molecular weight is 432 g/mol. The number of anilines is 2. The van der Waals surface area contributed by atoms with E-state index in [1.54, 1.807) is 12.1 Å². The zero-order valence-corrected chi connectivity index (χ0v) is 17.8. The van der Waals surface area contributed by atoms with Gasteiger partial charge in [0.05, 0.1) is 24.5 Å². The topological polar surface area (TPSA) is 82.2 Å². The number of carbonyl (C=O) groups is 3. The number of carbonyl (C=O) groups excluding carboxylic acids is 3. The Bertz CT molecular complexity index is 850. The number of hydrogen-bond donors (Lipinski definition) is 1. The van der Waals surface area contributed by atoms with Crippen LogP contribution in [0.3, 0.4) is 0 Å². The van der Waals surface area contributed by atoms with Crippen molar-refractivity contribution < 1.29 is 23.5 Å². The van der Waals surface area contributed by atoms with Gasteiger partial charge in [0.2, 0.25) is 11.8 Å². The Hall–Kier alpha value is -2.84. The quantitative estimate of drug-likeness (QED) is 0.771. The highest BCUT2D eigenvalue weighted by Crippen LogP contribution is 2.30. The number of cyclic esters (lactones) is 1. The molecule has 31 heavy (non-hydrogen) atoms. The van der Waals surface area contributed by atoms with Gasteiger partial charge in [0.15, 0.2) is 0 Å². The van der Waals surface area contributed by atoms with Gasteiger partial charge < -0.3 is 19.9 Å². The van der Waals surface area contributed by atoms with Gasteiger partial charge in [-0.1, -0.05) is 12.8 Å². The molecule has 3 amide bonds. The number of hydrogen-bond acceptors (Lipinski definition) is 5. The Balaban J connectivity index is 1.35. The van der Waals surface area contributed by atoms with Crippen LogP contribution in [-0.4, -0.2) is 68.2 Å². The second kappa shape index (κ2) is 9.11. The largest absolute Gasteiger partial charge is 0.442 e. The molecule has 9 heteroatoms. The van der Waals surface area contributed by atoms with Gasteiger partial charge in [-0.2, -0.15) is 0 Å². The van der Waals surface area contributed by atoms with Crippen molar-refractivity contribution in [3.05, 3.63) is 24.0 Å². The maximum absolute atomic E-state index is 14.9. The molecule has 168 valence electrons. The number of nitrogens with one attached hydrogen (secondary N) is 1. The van der Waals surface area contributed by atoms with Crippen molar-refractivity contribution in [2.45, 2.75) is 38.7 Å². The molecular weight excluding hydrogens is 403 g/mol. The second-order valence-electron chi connectivity index (χ2n) is 8.48. The smallest absolute Gasteiger partial charge is 0.414 e. The van der Waals surface area contributed by atoms with Gasteiger partial charge in [-0.3, -0.25) is 14.5 Å². The van der Waals surface area contributed by atoms with Crippen LogP contribution >= 0.6 is 0 Å². The lowest BCUT2D eigenvalue weighted by Gasteiger charge is -2.37. The molecule has 1 saturated carbocycles. The minimum Gasteiger partial charge on any atom is -0.442 e. The van der Waals surface area contributed by atoms with E-state index in [2.05, 4.69) is 5.32 Å². The van der Waals surface area contributed by atoms with E-state index < -0.39 is 18.0 Å². The molecule has 1 aromatic rings. The highest BCUT2D eigenvalue weighted by molar-refractivity contribution is 5.90. The normalized spacial score (nSPS) is 22.1. The molecule has 8 nitrogen and oxygen atoms in total. The van der Waals surface area contributed by atoms with E-state index in [4.69, 9.17) is 4.74 Å². The Labute approximate surface area is 181 Å². The van der Waals surface area contributed by atoms with Gasteiger partial charge in [-0.15, -0.1) is 0 Å². The molecule has 0 spiro atoms. The molecule has 0 unspecified atom stereocenters. The third-order valence-electron chi connectivity index (χ3n) is 6.33. The van der Waals surface area contributed by atoms with Crippen molar-refractivity contribution in [1.82, 2.24) is 10.2 Å². The van der Waals surface area contributed by atoms with E-state index in [9.17, 15) is 18.8 Å². The minimum atomic E-state index is -0.554. The molecule has 2 saturated heterocycles. The zero-order chi connectivity index (χ0) is 22.0. The first kappa shape index (κ1) is 21.4. The summed E-state index contributed by atoms with van der Waals surface area (Å²) >= 11 is 0. The molecule has 0 radical (unpaired) electrons. The highest BCUT2D eigenvalue weighted by atomic mass is 19.1. The molecule has 1 aromatic carbocycles. The van der Waals surface area contributed by atoms with Crippen molar-refractivity contribution >= 4 is 29.3 Å². The molecule has 3 fully saturated rings. The van der Waals surface area contributed by atoms with Gasteiger partial charge >= 0.3 is 6.09 Å². The molecule has 3 aliphatic rings. The summed E-state index contributed by atoms with van der Waals surface area (Å²) in [7, 11) is 0. The van der Waals surface area contributed by atoms with Gasteiger partial charge in [0, 0.05) is 39.0 Å². The van der Waals surface area contributed by atoms with Crippen molar-refractivity contribution in [1.29, 1.82) is 0 Å². The number of rotatable bonds is 5. The molecule has 2 aliphatic heterocycles. The van der Waals surface area contributed by atoms with E-state index >= 15 is 0 Å². The molecule has 1 aliphatic carbocycles. The Morgan fingerprint density at radius 2 is 1.87 bits per heavy atom. The minimum absolute atomic E-state index is 0.164. The lowest BCUT2D eigenvalue weighted by molar-refractivity contribution is -0.135. The zero-order valence-electron chi connectivity index (χ0n) is 17.8. The number of nitrogens with zero attached hydrogens (tertiary/aromatic N) is 3. The number of piperazine rings is 1. The summed E-state index contributed by atoms with van der Waals surface area (Å²) in [6.45, 7) is 4.23. The van der Waals surface area contributed by atoms with Gasteiger partial charge in [0.1, 0.15) is 11.9 Å². The number of benzene rings is 1. The van der Waals surface area contributed by atoms with Crippen molar-refractivity contribution in [2.24, 2.45) is 5.92 Å². The third kappa shape index (κ3) is 4.75. The summed E-state index contributed by atoms with van der Waals surface area (Å²) in [5, 5.41) is 2.62. The predicted octanol–water partition coefficient (Wildman–Crippen LogP) is 2.13. The van der Waals surface area contributed by atoms with E-state index in [0.29, 0.717) is 37.6 Å². The fraction of sp³-hybridized carbons (Fsp3) is 0.591. The lowest BCUT2D eigenvalue weighted by Crippen LogP contribution is -2.50. The fourth-order valence-corrected chi connectivity index (χ4v) is 4.62. The molecular formula is C22H29FN4O4. The van der Waals surface area contributed by atoms with Crippen molar-refractivity contribution in [2.75, 3.05) is 49.1 Å². The molecule has 0 aromatic heterocycles. The Morgan fingerprint density at radius 1 is 1.16 bits per heavy atom. The predicted molar refractivity (Wildman–Crippen MR) is 113 cm³/mol. The summed E-state index contributed by atoms with van der Waals surface area (Å²) in [6.07, 6.45) is 3.21. The van der Waals surface area contributed by atoms with Crippen LogP contribution in [0.4, 0.5) is 20.6 Å². The number of halogens is 1.